The lowest BCUT2D eigenvalue weighted by Crippen LogP contribution is -2.44. The van der Waals surface area contributed by atoms with Gasteiger partial charge in [0.25, 0.3) is 5.91 Å². The molecule has 29 heavy (non-hydrogen) atoms. The third kappa shape index (κ3) is 2.68. The molecule has 0 bridgehead atoms. The lowest BCUT2D eigenvalue weighted by molar-refractivity contribution is -0.126. The molecule has 2 amide bonds. The van der Waals surface area contributed by atoms with Gasteiger partial charge in [-0.25, -0.2) is 19.3 Å². The first-order valence-corrected chi connectivity index (χ1v) is 9.89. The number of ether oxygens (including phenoxy) is 1. The first kappa shape index (κ1) is 18.5. The summed E-state index contributed by atoms with van der Waals surface area (Å²) in [5.41, 5.74) is 1.17. The highest BCUT2D eigenvalue weighted by atomic mass is 35.5. The summed E-state index contributed by atoms with van der Waals surface area (Å²) in [6.45, 7) is 1.51. The molecule has 3 saturated heterocycles. The first-order valence-electron chi connectivity index (χ1n) is 9.51. The molecule has 5 rings (SSSR count). The number of imide groups is 1. The number of nitrogens with zero attached hydrogens (tertiary/aromatic N) is 3. The summed E-state index contributed by atoms with van der Waals surface area (Å²) in [6, 6.07) is 10.8. The number of hydrogen-bond acceptors (Lipinski definition) is 5. The van der Waals surface area contributed by atoms with E-state index < -0.39 is 17.8 Å². The largest absolute Gasteiger partial charge is 0.497 e. The van der Waals surface area contributed by atoms with Gasteiger partial charge in [-0.15, -0.1) is 0 Å². The molecule has 0 N–H and O–H groups in total. The Morgan fingerprint density at radius 1 is 1.00 bits per heavy atom. The molecule has 6 nitrogen and oxygen atoms in total. The third-order valence-corrected chi connectivity index (χ3v) is 6.33. The maximum Gasteiger partial charge on any atom is 0.253 e. The number of hydrogen-bond donors (Lipinski definition) is 0. The van der Waals surface area contributed by atoms with Crippen molar-refractivity contribution in [2.45, 2.75) is 18.5 Å². The number of benzene rings is 2. The van der Waals surface area contributed by atoms with Gasteiger partial charge in [0, 0.05) is 13.1 Å². The molecule has 3 aliphatic heterocycles. The van der Waals surface area contributed by atoms with E-state index in [-0.39, 0.29) is 28.6 Å². The molecule has 0 saturated carbocycles. The predicted molar refractivity (Wildman–Crippen MR) is 105 cm³/mol. The van der Waals surface area contributed by atoms with Crippen molar-refractivity contribution in [1.29, 1.82) is 0 Å². The lowest BCUT2D eigenvalue weighted by Gasteiger charge is -2.29. The SMILES string of the molecule is COc1ccc([C@H]2[C@@H]3C(=O)N(c4ccc(Cl)c(F)c4)C(=O)[C@H]3N3CCCN23)cc1. The van der Waals surface area contributed by atoms with Crippen LogP contribution in [-0.2, 0) is 9.59 Å². The molecule has 8 heteroatoms. The molecule has 2 aromatic carbocycles. The number of carbonyl (C=O) groups is 2. The van der Waals surface area contributed by atoms with Crippen molar-refractivity contribution in [2.75, 3.05) is 25.1 Å². The minimum atomic E-state index is -0.656. The fourth-order valence-corrected chi connectivity index (χ4v) is 4.91. The first-order chi connectivity index (χ1) is 14.0. The fourth-order valence-electron chi connectivity index (χ4n) is 4.79. The maximum atomic E-state index is 14.0. The van der Waals surface area contributed by atoms with Gasteiger partial charge < -0.3 is 4.74 Å². The van der Waals surface area contributed by atoms with Crippen molar-refractivity contribution in [2.24, 2.45) is 5.92 Å². The van der Waals surface area contributed by atoms with Crippen molar-refractivity contribution in [3.63, 3.8) is 0 Å². The minimum absolute atomic E-state index is 0.0464. The smallest absolute Gasteiger partial charge is 0.253 e. The van der Waals surface area contributed by atoms with E-state index >= 15 is 0 Å². The highest BCUT2D eigenvalue weighted by Gasteiger charge is 2.62. The molecule has 2 aromatic rings. The van der Waals surface area contributed by atoms with Gasteiger partial charge in [-0.3, -0.25) is 9.59 Å². The Bertz CT molecular complexity index is 999. The zero-order valence-electron chi connectivity index (χ0n) is 15.7. The molecular formula is C21H19ClFN3O3. The average Bonchev–Trinajstić information content (AvgIpc) is 3.37. The number of methoxy groups -OCH3 is 1. The van der Waals surface area contributed by atoms with Gasteiger partial charge in [0.1, 0.15) is 17.6 Å². The highest BCUT2D eigenvalue weighted by molar-refractivity contribution is 6.31. The monoisotopic (exact) mass is 415 g/mol. The molecule has 0 spiro atoms. The summed E-state index contributed by atoms with van der Waals surface area (Å²) in [5.74, 6) is -1.10. The summed E-state index contributed by atoms with van der Waals surface area (Å²) >= 11 is 5.77. The van der Waals surface area contributed by atoms with Crippen LogP contribution in [0.5, 0.6) is 5.75 Å². The second kappa shape index (κ2) is 6.79. The van der Waals surface area contributed by atoms with Gasteiger partial charge in [-0.1, -0.05) is 23.7 Å². The van der Waals surface area contributed by atoms with Crippen LogP contribution in [0.4, 0.5) is 10.1 Å². The van der Waals surface area contributed by atoms with Crippen molar-refractivity contribution in [3.8, 4) is 5.75 Å². The van der Waals surface area contributed by atoms with Crippen molar-refractivity contribution in [3.05, 3.63) is 58.9 Å². The van der Waals surface area contributed by atoms with Gasteiger partial charge in [-0.2, -0.15) is 0 Å². The summed E-state index contributed by atoms with van der Waals surface area (Å²) in [5, 5.41) is 4.09. The Morgan fingerprint density at radius 3 is 2.34 bits per heavy atom. The summed E-state index contributed by atoms with van der Waals surface area (Å²) in [6.07, 6.45) is 0.924. The summed E-state index contributed by atoms with van der Waals surface area (Å²) in [7, 11) is 1.60. The van der Waals surface area contributed by atoms with Crippen LogP contribution in [0.3, 0.4) is 0 Å². The lowest BCUT2D eigenvalue weighted by atomic mass is 9.90. The Morgan fingerprint density at radius 2 is 1.69 bits per heavy atom. The molecule has 0 aliphatic carbocycles. The molecule has 0 unspecified atom stereocenters. The zero-order valence-corrected chi connectivity index (χ0v) is 16.5. The standard InChI is InChI=1S/C21H19ClFN3O3/c1-29-14-6-3-12(4-7-14)18-17-19(25-10-2-9-24(18)25)21(28)26(20(17)27)13-5-8-15(22)16(23)11-13/h3-8,11,17-19H,2,9-10H2,1H3/t17-,18-,19-/m0/s1. The number of fused-ring (bicyclic) bond motifs is 3. The Kier molecular flexibility index (Phi) is 4.34. The molecule has 0 radical (unpaired) electrons. The fraction of sp³-hybridized carbons (Fsp3) is 0.333. The molecule has 3 aliphatic rings. The van der Waals surface area contributed by atoms with Crippen LogP contribution in [0.2, 0.25) is 5.02 Å². The van der Waals surface area contributed by atoms with Crippen LogP contribution in [0.15, 0.2) is 42.5 Å². The van der Waals surface area contributed by atoms with E-state index in [2.05, 4.69) is 5.01 Å². The number of amides is 2. The third-order valence-electron chi connectivity index (χ3n) is 6.02. The second-order valence-corrected chi connectivity index (χ2v) is 7.89. The average molecular weight is 416 g/mol. The van der Waals surface area contributed by atoms with Crippen LogP contribution in [0.25, 0.3) is 0 Å². The zero-order chi connectivity index (χ0) is 20.3. The Hall–Kier alpha value is -2.48. The van der Waals surface area contributed by atoms with E-state index in [4.69, 9.17) is 16.3 Å². The molecule has 3 atom stereocenters. The van der Waals surface area contributed by atoms with Gasteiger partial charge in [-0.05, 0) is 42.3 Å². The Labute approximate surface area is 172 Å². The van der Waals surface area contributed by atoms with E-state index in [1.807, 2.05) is 29.3 Å². The molecule has 150 valence electrons. The van der Waals surface area contributed by atoms with Crippen LogP contribution in [0, 0.1) is 11.7 Å². The number of carbonyl (C=O) groups excluding carboxylic acids is 2. The Balaban J connectivity index is 1.56. The van der Waals surface area contributed by atoms with E-state index in [1.165, 1.54) is 12.1 Å². The van der Waals surface area contributed by atoms with Gasteiger partial charge in [0.15, 0.2) is 0 Å². The van der Waals surface area contributed by atoms with E-state index in [1.54, 1.807) is 7.11 Å². The van der Waals surface area contributed by atoms with Crippen LogP contribution >= 0.6 is 11.6 Å². The normalized spacial score (nSPS) is 26.9. The number of anilines is 1. The van der Waals surface area contributed by atoms with Gasteiger partial charge >= 0.3 is 0 Å². The molecule has 3 heterocycles. The van der Waals surface area contributed by atoms with Crippen LogP contribution in [0.1, 0.15) is 18.0 Å². The van der Waals surface area contributed by atoms with E-state index in [9.17, 15) is 14.0 Å². The van der Waals surface area contributed by atoms with E-state index in [0.29, 0.717) is 0 Å². The highest BCUT2D eigenvalue weighted by Crippen LogP contribution is 2.49. The number of rotatable bonds is 3. The van der Waals surface area contributed by atoms with Gasteiger partial charge in [0.2, 0.25) is 5.91 Å². The van der Waals surface area contributed by atoms with Crippen molar-refractivity contribution in [1.82, 2.24) is 10.0 Å². The quantitative estimate of drug-likeness (QED) is 0.721. The topological polar surface area (TPSA) is 53.1 Å². The van der Waals surface area contributed by atoms with Crippen LogP contribution < -0.4 is 9.64 Å². The van der Waals surface area contributed by atoms with Crippen molar-refractivity contribution >= 4 is 29.1 Å². The minimum Gasteiger partial charge on any atom is -0.497 e. The van der Waals surface area contributed by atoms with E-state index in [0.717, 1.165) is 41.8 Å². The summed E-state index contributed by atoms with van der Waals surface area (Å²) < 4.78 is 19.2. The van der Waals surface area contributed by atoms with Crippen molar-refractivity contribution < 1.29 is 18.7 Å². The molecular weight excluding hydrogens is 397 g/mol. The number of hydrazine groups is 1. The summed E-state index contributed by atoms with van der Waals surface area (Å²) in [4.78, 5) is 27.8. The molecule has 0 aromatic heterocycles. The molecule has 3 fully saturated rings. The maximum absolute atomic E-state index is 14.0. The predicted octanol–water partition coefficient (Wildman–Crippen LogP) is 3.02. The van der Waals surface area contributed by atoms with Crippen LogP contribution in [-0.4, -0.2) is 48.1 Å². The van der Waals surface area contributed by atoms with Gasteiger partial charge in [0.05, 0.1) is 29.8 Å². The number of halogens is 2. The second-order valence-electron chi connectivity index (χ2n) is 7.48.